The maximum atomic E-state index is 11.2. The average molecular weight is 261 g/mol. The summed E-state index contributed by atoms with van der Waals surface area (Å²) in [6.45, 7) is 0.0853. The zero-order chi connectivity index (χ0) is 12.9. The van der Waals surface area contributed by atoms with Gasteiger partial charge in [-0.15, -0.1) is 4.73 Å². The maximum absolute atomic E-state index is 11.2. The number of anilines is 1. The van der Waals surface area contributed by atoms with E-state index in [1.54, 1.807) is 0 Å². The minimum absolute atomic E-state index is 0.0853. The molecule has 1 heterocycles. The molecule has 0 radical (unpaired) electrons. The summed E-state index contributed by atoms with van der Waals surface area (Å²) in [6, 6.07) is 1.40. The van der Waals surface area contributed by atoms with Gasteiger partial charge in [-0.25, -0.2) is 4.79 Å². The van der Waals surface area contributed by atoms with Gasteiger partial charge in [-0.1, -0.05) is 6.08 Å². The molecule has 0 saturated heterocycles. The Morgan fingerprint density at radius 1 is 1.59 bits per heavy atom. The molecule has 0 bridgehead atoms. The topological polar surface area (TPSA) is 128 Å². The van der Waals surface area contributed by atoms with Crippen molar-refractivity contribution < 1.29 is 19.2 Å². The largest absolute Gasteiger partial charge is 0.409 e. The summed E-state index contributed by atoms with van der Waals surface area (Å²) in [6.07, 6.45) is 2.84. The number of hydrogen-bond acceptors (Lipinski definition) is 5. The predicted molar refractivity (Wildman–Crippen MR) is 60.2 cm³/mol. The quantitative estimate of drug-likeness (QED) is 0.474. The number of rotatable bonds is 5. The summed E-state index contributed by atoms with van der Waals surface area (Å²) in [5.74, 6) is 0.872. The molecule has 0 atom stereocenters. The lowest BCUT2D eigenvalue weighted by Crippen LogP contribution is -2.29. The molecule has 8 nitrogen and oxygen atoms in total. The van der Waals surface area contributed by atoms with E-state index in [1.165, 1.54) is 18.3 Å². The van der Waals surface area contributed by atoms with E-state index in [2.05, 4.69) is 4.98 Å². The number of nitrogens with two attached hydrogens (primary N) is 1. The first-order valence-corrected chi connectivity index (χ1v) is 6.28. The second-order valence-electron chi connectivity index (χ2n) is 3.06. The Morgan fingerprint density at radius 3 is 2.88 bits per heavy atom. The molecule has 17 heavy (non-hydrogen) atoms. The Kier molecular flexibility index (Phi) is 4.45. The van der Waals surface area contributed by atoms with E-state index in [-0.39, 0.29) is 18.8 Å². The Hall–Kier alpha value is -1.63. The zero-order valence-electron chi connectivity index (χ0n) is 8.76. The Balaban J connectivity index is 2.44. The number of nitrogens with zero attached hydrogens (tertiary/aromatic N) is 2. The number of hydrogen-bond donors (Lipinski definition) is 3. The third-order valence-corrected chi connectivity index (χ3v) is 2.21. The van der Waals surface area contributed by atoms with Crippen LogP contribution in [0, 0.1) is 0 Å². The van der Waals surface area contributed by atoms with Crippen LogP contribution < -0.4 is 16.3 Å². The third-order valence-electron chi connectivity index (χ3n) is 1.61. The summed E-state index contributed by atoms with van der Waals surface area (Å²) in [7, 11) is -4.13. The van der Waals surface area contributed by atoms with Crippen LogP contribution in [0.3, 0.4) is 0 Å². The van der Waals surface area contributed by atoms with Gasteiger partial charge in [0.05, 0.1) is 6.20 Å². The van der Waals surface area contributed by atoms with Crippen LogP contribution in [0.1, 0.15) is 6.42 Å². The highest BCUT2D eigenvalue weighted by Crippen LogP contribution is 2.35. The molecule has 1 aromatic rings. The fourth-order valence-corrected chi connectivity index (χ4v) is 1.36. The fourth-order valence-electron chi connectivity index (χ4n) is 0.934. The van der Waals surface area contributed by atoms with Crippen LogP contribution in [-0.4, -0.2) is 26.1 Å². The summed E-state index contributed by atoms with van der Waals surface area (Å²) in [5.41, 5.74) is 4.62. The van der Waals surface area contributed by atoms with E-state index < -0.39 is 13.3 Å². The molecule has 0 aliphatic rings. The van der Waals surface area contributed by atoms with E-state index in [9.17, 15) is 9.36 Å². The highest BCUT2D eigenvalue weighted by Gasteiger charge is 2.04. The molecule has 0 saturated carbocycles. The highest BCUT2D eigenvalue weighted by molar-refractivity contribution is 7.55. The highest BCUT2D eigenvalue weighted by atomic mass is 31.2. The minimum Gasteiger partial charge on any atom is -0.409 e. The van der Waals surface area contributed by atoms with E-state index in [0.29, 0.717) is 0 Å². The monoisotopic (exact) mass is 261 g/mol. The third kappa shape index (κ3) is 5.30. The smallest absolute Gasteiger partial charge is 0.382 e. The molecule has 94 valence electrons. The van der Waals surface area contributed by atoms with Crippen LogP contribution in [0.25, 0.3) is 0 Å². The van der Waals surface area contributed by atoms with Crippen LogP contribution >= 0.6 is 7.60 Å². The molecule has 0 aliphatic carbocycles. The van der Waals surface area contributed by atoms with Gasteiger partial charge >= 0.3 is 13.3 Å². The molecular formula is C8H12N3O5P. The Bertz CT molecular complexity index is 506. The van der Waals surface area contributed by atoms with E-state index >= 15 is 0 Å². The molecule has 0 fully saturated rings. The Labute approximate surface area is 96.5 Å². The lowest BCUT2D eigenvalue weighted by molar-refractivity contribution is 0.102. The van der Waals surface area contributed by atoms with Crippen molar-refractivity contribution in [1.82, 2.24) is 9.71 Å². The summed E-state index contributed by atoms with van der Waals surface area (Å²) in [4.78, 5) is 36.6. The first-order chi connectivity index (χ1) is 7.88. The van der Waals surface area contributed by atoms with Crippen molar-refractivity contribution in [3.05, 3.63) is 34.6 Å². The van der Waals surface area contributed by atoms with Crippen LogP contribution in [-0.2, 0) is 4.57 Å². The van der Waals surface area contributed by atoms with Gasteiger partial charge in [0, 0.05) is 18.3 Å². The van der Waals surface area contributed by atoms with Crippen molar-refractivity contribution in [1.29, 1.82) is 0 Å². The first kappa shape index (κ1) is 13.4. The summed E-state index contributed by atoms with van der Waals surface area (Å²) in [5, 5.41) is 0. The molecule has 1 aromatic heterocycles. The van der Waals surface area contributed by atoms with Crippen molar-refractivity contribution in [2.45, 2.75) is 6.42 Å². The van der Waals surface area contributed by atoms with Crippen LogP contribution in [0.5, 0.6) is 0 Å². The van der Waals surface area contributed by atoms with Gasteiger partial charge in [-0.3, -0.25) is 4.57 Å². The van der Waals surface area contributed by atoms with Gasteiger partial charge < -0.3 is 20.4 Å². The first-order valence-electron chi connectivity index (χ1n) is 4.60. The van der Waals surface area contributed by atoms with E-state index in [4.69, 9.17) is 20.4 Å². The van der Waals surface area contributed by atoms with E-state index in [1.807, 2.05) is 0 Å². The molecule has 4 N–H and O–H groups in total. The number of aromatic nitrogens is 2. The van der Waals surface area contributed by atoms with Crippen LogP contribution in [0.4, 0.5) is 5.82 Å². The minimum atomic E-state index is -4.13. The lowest BCUT2D eigenvalue weighted by atomic mass is 10.5. The summed E-state index contributed by atoms with van der Waals surface area (Å²) < 4.78 is 11.3. The van der Waals surface area contributed by atoms with E-state index in [0.717, 1.165) is 10.5 Å². The van der Waals surface area contributed by atoms with Crippen molar-refractivity contribution in [2.75, 3.05) is 12.3 Å². The second kappa shape index (κ2) is 5.62. The average Bonchev–Trinajstić information content (AvgIpc) is 2.18. The van der Waals surface area contributed by atoms with Gasteiger partial charge in [0.25, 0.3) is 0 Å². The molecule has 0 aliphatic heterocycles. The fraction of sp³-hybridized carbons (Fsp3) is 0.250. The molecular weight excluding hydrogens is 249 g/mol. The molecule has 0 aromatic carbocycles. The summed E-state index contributed by atoms with van der Waals surface area (Å²) >= 11 is 0. The van der Waals surface area contributed by atoms with Crippen molar-refractivity contribution in [3.63, 3.8) is 0 Å². The van der Waals surface area contributed by atoms with Gasteiger partial charge in [-0.05, 0) is 0 Å². The molecule has 0 amide bonds. The maximum Gasteiger partial charge on any atom is 0.382 e. The lowest BCUT2D eigenvalue weighted by Gasteiger charge is -2.05. The normalized spacial score (nSPS) is 11.9. The standard InChI is InChI=1S/C8H12N3O5P/c9-7-3-4-11(8(12)10-7)16-5-1-2-6-17(13,14)15/h2-4,6H,1,5H2,(H2,9,10,12)(H2,13,14,15). The molecule has 0 spiro atoms. The predicted octanol–water partition coefficient (Wildman–Crippen LogP) is -0.664. The van der Waals surface area contributed by atoms with Crippen LogP contribution in [0.15, 0.2) is 29.0 Å². The van der Waals surface area contributed by atoms with Gasteiger partial charge in [0.2, 0.25) is 0 Å². The molecule has 9 heteroatoms. The van der Waals surface area contributed by atoms with Gasteiger partial charge in [0.15, 0.2) is 0 Å². The Morgan fingerprint density at radius 2 is 2.29 bits per heavy atom. The van der Waals surface area contributed by atoms with Crippen molar-refractivity contribution >= 4 is 13.4 Å². The van der Waals surface area contributed by atoms with Gasteiger partial charge in [0.1, 0.15) is 12.4 Å². The second-order valence-corrected chi connectivity index (χ2v) is 4.53. The van der Waals surface area contributed by atoms with Crippen molar-refractivity contribution in [3.8, 4) is 0 Å². The van der Waals surface area contributed by atoms with Crippen LogP contribution in [0.2, 0.25) is 0 Å². The molecule has 1 rings (SSSR count). The van der Waals surface area contributed by atoms with Gasteiger partial charge in [-0.2, -0.15) is 4.98 Å². The number of nitrogen functional groups attached to an aromatic ring is 1. The zero-order valence-corrected chi connectivity index (χ0v) is 9.66. The molecule has 0 unspecified atom stereocenters. The SMILES string of the molecule is Nc1ccn(OCCC=CP(=O)(O)O)c(=O)n1. The van der Waals surface area contributed by atoms with Crippen molar-refractivity contribution in [2.24, 2.45) is 0 Å².